The van der Waals surface area contributed by atoms with Crippen LogP contribution in [-0.4, -0.2) is 11.1 Å². The van der Waals surface area contributed by atoms with E-state index in [2.05, 4.69) is 15.9 Å². The molecule has 10 heavy (non-hydrogen) atoms. The van der Waals surface area contributed by atoms with Gasteiger partial charge in [0.15, 0.2) is 0 Å². The molecule has 0 aromatic carbocycles. The zero-order valence-corrected chi connectivity index (χ0v) is 7.92. The van der Waals surface area contributed by atoms with Gasteiger partial charge in [-0.1, -0.05) is 0 Å². The van der Waals surface area contributed by atoms with E-state index in [1.165, 1.54) is 11.3 Å². The number of carbonyl (C=O) groups is 1. The summed E-state index contributed by atoms with van der Waals surface area (Å²) in [7, 11) is 0. The molecule has 0 saturated carbocycles. The van der Waals surface area contributed by atoms with Gasteiger partial charge in [0.1, 0.15) is 0 Å². The maximum atomic E-state index is 10.2. The highest BCUT2D eigenvalue weighted by Crippen LogP contribution is 2.20. The van der Waals surface area contributed by atoms with E-state index in [0.717, 1.165) is 3.79 Å². The molecule has 0 spiro atoms. The average Bonchev–Trinajstić information content (AvgIpc) is 2.14. The molecule has 1 heterocycles. The van der Waals surface area contributed by atoms with Crippen LogP contribution in [0.5, 0.6) is 0 Å². The highest BCUT2D eigenvalue weighted by atomic mass is 79.9. The zero-order valence-electron chi connectivity index (χ0n) is 4.70. The van der Waals surface area contributed by atoms with Crippen LogP contribution in [0.1, 0.15) is 10.4 Å². The quantitative estimate of drug-likeness (QED) is 0.823. The van der Waals surface area contributed by atoms with Crippen molar-refractivity contribution in [2.24, 2.45) is 0 Å². The molecule has 0 unspecified atom stereocenters. The van der Waals surface area contributed by atoms with Crippen LogP contribution < -0.4 is 0 Å². The monoisotopic (exact) mass is 242 g/mol. The van der Waals surface area contributed by atoms with Crippen molar-refractivity contribution in [3.05, 3.63) is 20.8 Å². The smallest absolute Gasteiger partial charge is 0.336 e. The first-order valence-electron chi connectivity index (χ1n) is 2.17. The van der Waals surface area contributed by atoms with Gasteiger partial charge in [-0.25, -0.2) is 4.79 Å². The van der Waals surface area contributed by atoms with E-state index in [1.807, 2.05) is 0 Å². The SMILES string of the molecule is Cl.O=C(O)c1csc(Br)c1. The summed E-state index contributed by atoms with van der Waals surface area (Å²) < 4.78 is 0.847. The average molecular weight is 244 g/mol. The number of carboxylic acids is 1. The van der Waals surface area contributed by atoms with Gasteiger partial charge >= 0.3 is 5.97 Å². The Hall–Kier alpha value is -0.0600. The molecular formula is C5H4BrClO2S. The third-order valence-electron chi connectivity index (χ3n) is 0.814. The Bertz CT molecular complexity index is 235. The summed E-state index contributed by atoms with van der Waals surface area (Å²) in [6, 6.07) is 1.58. The number of carboxylic acid groups (broad SMARTS) is 1. The van der Waals surface area contributed by atoms with Crippen molar-refractivity contribution in [2.45, 2.75) is 0 Å². The molecular weight excluding hydrogens is 239 g/mol. The molecule has 0 aliphatic heterocycles. The normalized spacial score (nSPS) is 8.50. The maximum absolute atomic E-state index is 10.2. The van der Waals surface area contributed by atoms with Gasteiger partial charge in [0.2, 0.25) is 0 Å². The van der Waals surface area contributed by atoms with E-state index in [-0.39, 0.29) is 12.4 Å². The van der Waals surface area contributed by atoms with Crippen molar-refractivity contribution in [1.29, 1.82) is 0 Å². The molecule has 0 radical (unpaired) electrons. The van der Waals surface area contributed by atoms with Gasteiger partial charge in [-0.15, -0.1) is 23.7 Å². The molecule has 0 atom stereocenters. The Morgan fingerprint density at radius 3 is 2.50 bits per heavy atom. The first kappa shape index (κ1) is 9.94. The van der Waals surface area contributed by atoms with Gasteiger partial charge in [-0.05, 0) is 22.0 Å². The minimum atomic E-state index is -0.878. The molecule has 0 aliphatic rings. The van der Waals surface area contributed by atoms with E-state index >= 15 is 0 Å². The molecule has 0 aliphatic carbocycles. The van der Waals surface area contributed by atoms with Gasteiger partial charge in [-0.3, -0.25) is 0 Å². The van der Waals surface area contributed by atoms with Crippen molar-refractivity contribution in [2.75, 3.05) is 0 Å². The largest absolute Gasteiger partial charge is 0.478 e. The van der Waals surface area contributed by atoms with Crippen molar-refractivity contribution >= 4 is 45.6 Å². The van der Waals surface area contributed by atoms with Gasteiger partial charge in [0.05, 0.1) is 9.35 Å². The van der Waals surface area contributed by atoms with Crippen molar-refractivity contribution in [3.63, 3.8) is 0 Å². The number of hydrogen-bond donors (Lipinski definition) is 1. The molecule has 1 N–H and O–H groups in total. The Balaban J connectivity index is 0.000000810. The van der Waals surface area contributed by atoms with Crippen LogP contribution in [-0.2, 0) is 0 Å². The summed E-state index contributed by atoms with van der Waals surface area (Å²) in [5.74, 6) is -0.878. The fourth-order valence-corrected chi connectivity index (χ4v) is 1.55. The highest BCUT2D eigenvalue weighted by Gasteiger charge is 2.02. The van der Waals surface area contributed by atoms with Gasteiger partial charge < -0.3 is 5.11 Å². The van der Waals surface area contributed by atoms with E-state index in [9.17, 15) is 4.79 Å². The summed E-state index contributed by atoms with van der Waals surface area (Å²) >= 11 is 4.52. The van der Waals surface area contributed by atoms with Crippen LogP contribution in [0.15, 0.2) is 15.2 Å². The van der Waals surface area contributed by atoms with Crippen LogP contribution in [0.3, 0.4) is 0 Å². The summed E-state index contributed by atoms with van der Waals surface area (Å²) in [5, 5.41) is 9.97. The predicted octanol–water partition coefficient (Wildman–Crippen LogP) is 2.63. The van der Waals surface area contributed by atoms with Crippen molar-refractivity contribution in [1.82, 2.24) is 0 Å². The van der Waals surface area contributed by atoms with Crippen LogP contribution in [0.2, 0.25) is 0 Å². The lowest BCUT2D eigenvalue weighted by atomic mass is 10.4. The number of rotatable bonds is 1. The predicted molar refractivity (Wildman–Crippen MR) is 46.2 cm³/mol. The molecule has 56 valence electrons. The number of halogens is 2. The van der Waals surface area contributed by atoms with Gasteiger partial charge in [-0.2, -0.15) is 0 Å². The molecule has 0 saturated heterocycles. The fraction of sp³-hybridized carbons (Fsp3) is 0. The standard InChI is InChI=1S/C5H3BrO2S.ClH/c6-4-1-3(2-9-4)5(7)8;/h1-2H,(H,7,8);1H. The summed E-state index contributed by atoms with van der Waals surface area (Å²) in [6.45, 7) is 0. The lowest BCUT2D eigenvalue weighted by molar-refractivity contribution is 0.0697. The Kier molecular flexibility index (Phi) is 3.93. The molecule has 5 heteroatoms. The lowest BCUT2D eigenvalue weighted by Crippen LogP contribution is -1.91. The topological polar surface area (TPSA) is 37.3 Å². The second-order valence-corrected chi connectivity index (χ2v) is 3.74. The molecule has 1 aromatic rings. The summed E-state index contributed by atoms with van der Waals surface area (Å²) in [4.78, 5) is 10.2. The highest BCUT2D eigenvalue weighted by molar-refractivity contribution is 9.11. The minimum Gasteiger partial charge on any atom is -0.478 e. The van der Waals surface area contributed by atoms with Gasteiger partial charge in [0, 0.05) is 5.38 Å². The molecule has 0 amide bonds. The molecule has 1 rings (SSSR count). The molecule has 0 bridgehead atoms. The molecule has 0 fully saturated rings. The Morgan fingerprint density at radius 1 is 1.70 bits per heavy atom. The van der Waals surface area contributed by atoms with Crippen LogP contribution in [0.25, 0.3) is 0 Å². The van der Waals surface area contributed by atoms with Crippen molar-refractivity contribution in [3.8, 4) is 0 Å². The van der Waals surface area contributed by atoms with Crippen molar-refractivity contribution < 1.29 is 9.90 Å². The van der Waals surface area contributed by atoms with Crippen LogP contribution in [0, 0.1) is 0 Å². The number of hydrogen-bond acceptors (Lipinski definition) is 2. The first-order chi connectivity index (χ1) is 4.20. The fourth-order valence-electron chi connectivity index (χ4n) is 0.422. The van der Waals surface area contributed by atoms with Crippen LogP contribution >= 0.6 is 39.7 Å². The molecule has 2 nitrogen and oxygen atoms in total. The second kappa shape index (κ2) is 3.95. The zero-order chi connectivity index (χ0) is 6.85. The summed E-state index contributed by atoms with van der Waals surface area (Å²) in [6.07, 6.45) is 0. The second-order valence-electron chi connectivity index (χ2n) is 1.44. The van der Waals surface area contributed by atoms with Crippen LogP contribution in [0.4, 0.5) is 0 Å². The third-order valence-corrected chi connectivity index (χ3v) is 2.32. The van der Waals surface area contributed by atoms with Gasteiger partial charge in [0.25, 0.3) is 0 Å². The lowest BCUT2D eigenvalue weighted by Gasteiger charge is -1.79. The van der Waals surface area contributed by atoms with E-state index < -0.39 is 5.97 Å². The van der Waals surface area contributed by atoms with E-state index in [0.29, 0.717) is 5.56 Å². The Morgan fingerprint density at radius 2 is 2.30 bits per heavy atom. The van der Waals surface area contributed by atoms with E-state index in [1.54, 1.807) is 11.4 Å². The third kappa shape index (κ3) is 2.28. The minimum absolute atomic E-state index is 0. The first-order valence-corrected chi connectivity index (χ1v) is 3.85. The van der Waals surface area contributed by atoms with E-state index in [4.69, 9.17) is 5.11 Å². The number of aromatic carboxylic acids is 1. The Labute approximate surface area is 76.4 Å². The molecule has 1 aromatic heterocycles. The summed E-state index contributed by atoms with van der Waals surface area (Å²) in [5.41, 5.74) is 0.340. The maximum Gasteiger partial charge on any atom is 0.336 e. The number of thiophene rings is 1.